The molecule has 3 heterocycles. The molecule has 1 aliphatic carbocycles. The molecule has 5 heteroatoms. The predicted octanol–water partition coefficient (Wildman–Crippen LogP) is 6.28. The third-order valence-electron chi connectivity index (χ3n) is 7.54. The predicted molar refractivity (Wildman–Crippen MR) is 137 cm³/mol. The van der Waals surface area contributed by atoms with Crippen LogP contribution in [-0.2, 0) is 5.54 Å². The summed E-state index contributed by atoms with van der Waals surface area (Å²) in [7, 11) is 0. The van der Waals surface area contributed by atoms with E-state index < -0.39 is 0 Å². The van der Waals surface area contributed by atoms with Crippen LogP contribution >= 0.6 is 0 Å². The lowest BCUT2D eigenvalue weighted by Gasteiger charge is -2.53. The second-order valence-electron chi connectivity index (χ2n) is 10.2. The zero-order chi connectivity index (χ0) is 23.5. The Hall–Kier alpha value is -3.57. The lowest BCUT2D eigenvalue weighted by Crippen LogP contribution is -2.54. The van der Waals surface area contributed by atoms with Gasteiger partial charge in [-0.2, -0.15) is 9.61 Å². The van der Waals surface area contributed by atoms with E-state index in [1.807, 2.05) is 29.8 Å². The van der Waals surface area contributed by atoms with Crippen LogP contribution in [0.2, 0.25) is 0 Å². The number of benzene rings is 2. The van der Waals surface area contributed by atoms with Crippen molar-refractivity contribution in [2.75, 3.05) is 0 Å². The van der Waals surface area contributed by atoms with Gasteiger partial charge in [0.15, 0.2) is 11.3 Å². The summed E-state index contributed by atoms with van der Waals surface area (Å²) in [5, 5.41) is 5.60. The summed E-state index contributed by atoms with van der Waals surface area (Å²) >= 11 is 0. The van der Waals surface area contributed by atoms with Gasteiger partial charge in [0.1, 0.15) is 0 Å². The van der Waals surface area contributed by atoms with Crippen LogP contribution in [0.1, 0.15) is 44.4 Å². The molecule has 1 saturated carbocycles. The van der Waals surface area contributed by atoms with Gasteiger partial charge in [0.2, 0.25) is 0 Å². The van der Waals surface area contributed by atoms with E-state index in [0.29, 0.717) is 5.41 Å². The Bertz CT molecular complexity index is 1510. The van der Waals surface area contributed by atoms with Crippen LogP contribution in [0.25, 0.3) is 39.1 Å². The SMILES string of the molecule is CCC1(C)CC(N)(c2ccc(-c3nc4c(cnc5cc(C)nn54)cc3-c3ccccc3)cc2)C1. The third kappa shape index (κ3) is 3.31. The normalized spacial score (nSPS) is 22.2. The van der Waals surface area contributed by atoms with Gasteiger partial charge in [-0.15, -0.1) is 0 Å². The molecule has 6 rings (SSSR count). The Balaban J connectivity index is 1.50. The number of hydrogen-bond donors (Lipinski definition) is 1. The van der Waals surface area contributed by atoms with E-state index in [4.69, 9.17) is 10.7 Å². The third-order valence-corrected chi connectivity index (χ3v) is 7.54. The van der Waals surface area contributed by atoms with E-state index in [0.717, 1.165) is 57.6 Å². The van der Waals surface area contributed by atoms with Crippen LogP contribution in [0.15, 0.2) is 72.9 Å². The first kappa shape index (κ1) is 21.0. The fraction of sp³-hybridized carbons (Fsp3) is 0.276. The number of rotatable bonds is 4. The zero-order valence-corrected chi connectivity index (χ0v) is 19.9. The molecule has 0 aliphatic heterocycles. The molecule has 5 aromatic rings. The van der Waals surface area contributed by atoms with Crippen LogP contribution < -0.4 is 5.73 Å². The quantitative estimate of drug-likeness (QED) is 0.352. The Morgan fingerprint density at radius 1 is 0.971 bits per heavy atom. The van der Waals surface area contributed by atoms with Crippen molar-refractivity contribution in [3.8, 4) is 22.4 Å². The minimum Gasteiger partial charge on any atom is -0.321 e. The molecule has 34 heavy (non-hydrogen) atoms. The number of aromatic nitrogens is 4. The molecule has 0 radical (unpaired) electrons. The fourth-order valence-corrected chi connectivity index (χ4v) is 5.60. The van der Waals surface area contributed by atoms with Crippen molar-refractivity contribution in [2.45, 2.75) is 45.6 Å². The molecule has 5 nitrogen and oxygen atoms in total. The maximum absolute atomic E-state index is 6.79. The first-order chi connectivity index (χ1) is 16.4. The monoisotopic (exact) mass is 447 g/mol. The van der Waals surface area contributed by atoms with Crippen molar-refractivity contribution in [1.82, 2.24) is 19.6 Å². The molecule has 2 N–H and O–H groups in total. The van der Waals surface area contributed by atoms with Gasteiger partial charge in [0.05, 0.1) is 11.4 Å². The van der Waals surface area contributed by atoms with Gasteiger partial charge >= 0.3 is 0 Å². The summed E-state index contributed by atoms with van der Waals surface area (Å²) in [6, 6.07) is 23.3. The Morgan fingerprint density at radius 2 is 1.71 bits per heavy atom. The molecule has 170 valence electrons. The number of fused-ring (bicyclic) bond motifs is 3. The molecule has 0 spiro atoms. The first-order valence-corrected chi connectivity index (χ1v) is 12.0. The Morgan fingerprint density at radius 3 is 2.41 bits per heavy atom. The van der Waals surface area contributed by atoms with Gasteiger partial charge in [-0.1, -0.05) is 74.9 Å². The summed E-state index contributed by atoms with van der Waals surface area (Å²) in [5.74, 6) is 0. The highest BCUT2D eigenvalue weighted by atomic mass is 15.3. The maximum atomic E-state index is 6.79. The van der Waals surface area contributed by atoms with Gasteiger partial charge in [-0.3, -0.25) is 0 Å². The maximum Gasteiger partial charge on any atom is 0.165 e. The highest BCUT2D eigenvalue weighted by molar-refractivity contribution is 5.90. The van der Waals surface area contributed by atoms with Crippen molar-refractivity contribution in [3.63, 3.8) is 0 Å². The van der Waals surface area contributed by atoms with E-state index in [9.17, 15) is 0 Å². The molecule has 1 fully saturated rings. The van der Waals surface area contributed by atoms with Gasteiger partial charge < -0.3 is 5.73 Å². The van der Waals surface area contributed by atoms with Crippen LogP contribution in [0.3, 0.4) is 0 Å². The second-order valence-corrected chi connectivity index (χ2v) is 10.2. The van der Waals surface area contributed by atoms with E-state index >= 15 is 0 Å². The number of nitrogens with two attached hydrogens (primary N) is 1. The molecule has 0 atom stereocenters. The summed E-state index contributed by atoms with van der Waals surface area (Å²) < 4.78 is 1.84. The second kappa shape index (κ2) is 7.47. The highest BCUT2D eigenvalue weighted by Crippen LogP contribution is 2.54. The number of aryl methyl sites for hydroxylation is 1. The minimum absolute atomic E-state index is 0.229. The van der Waals surface area contributed by atoms with E-state index in [1.54, 1.807) is 0 Å². The van der Waals surface area contributed by atoms with Crippen molar-refractivity contribution in [1.29, 1.82) is 0 Å². The number of hydrogen-bond acceptors (Lipinski definition) is 4. The van der Waals surface area contributed by atoms with E-state index in [-0.39, 0.29) is 5.54 Å². The summed E-state index contributed by atoms with van der Waals surface area (Å²) in [6.07, 6.45) is 5.12. The molecular formula is C29H29N5. The van der Waals surface area contributed by atoms with Gasteiger partial charge in [-0.05, 0) is 42.4 Å². The molecule has 0 amide bonds. The topological polar surface area (TPSA) is 69.1 Å². The van der Waals surface area contributed by atoms with Crippen LogP contribution in [-0.4, -0.2) is 19.6 Å². The van der Waals surface area contributed by atoms with Crippen LogP contribution in [0.4, 0.5) is 0 Å². The largest absolute Gasteiger partial charge is 0.321 e. The highest BCUT2D eigenvalue weighted by Gasteiger charge is 2.49. The summed E-state index contributed by atoms with van der Waals surface area (Å²) in [4.78, 5) is 9.74. The van der Waals surface area contributed by atoms with E-state index in [2.05, 4.69) is 78.5 Å². The van der Waals surface area contributed by atoms with Crippen molar-refractivity contribution in [3.05, 3.63) is 84.2 Å². The van der Waals surface area contributed by atoms with Crippen LogP contribution in [0.5, 0.6) is 0 Å². The molecule has 0 saturated heterocycles. The van der Waals surface area contributed by atoms with Crippen LogP contribution in [0, 0.1) is 12.3 Å². The lowest BCUT2D eigenvalue weighted by atomic mass is 9.55. The van der Waals surface area contributed by atoms with Crippen molar-refractivity contribution >= 4 is 16.7 Å². The Kier molecular flexibility index (Phi) is 4.61. The van der Waals surface area contributed by atoms with Gasteiger partial charge in [-0.25, -0.2) is 9.97 Å². The van der Waals surface area contributed by atoms with Crippen molar-refractivity contribution < 1.29 is 0 Å². The zero-order valence-electron chi connectivity index (χ0n) is 19.9. The average molecular weight is 448 g/mol. The number of pyridine rings is 1. The molecule has 0 unspecified atom stereocenters. The van der Waals surface area contributed by atoms with Gasteiger partial charge in [0, 0.05) is 34.3 Å². The van der Waals surface area contributed by atoms with Crippen molar-refractivity contribution in [2.24, 2.45) is 11.1 Å². The average Bonchev–Trinajstić information content (AvgIpc) is 3.23. The minimum atomic E-state index is -0.229. The standard InChI is InChI=1S/C29H29N5/c1-4-28(3)17-29(30,18-28)23-12-10-21(11-13-23)26-24(20-8-6-5-7-9-20)15-22-16-31-25-14-19(2)33-34(25)27(22)32-26/h5-16H,4,17-18,30H2,1-3H3. The molecule has 0 bridgehead atoms. The molecule has 1 aliphatic rings. The van der Waals surface area contributed by atoms with E-state index in [1.165, 1.54) is 12.0 Å². The number of nitrogens with zero attached hydrogens (tertiary/aromatic N) is 4. The summed E-state index contributed by atoms with van der Waals surface area (Å²) in [6.45, 7) is 6.57. The lowest BCUT2D eigenvalue weighted by molar-refractivity contribution is 0.0391. The first-order valence-electron chi connectivity index (χ1n) is 12.0. The molecular weight excluding hydrogens is 418 g/mol. The Labute approximate surface area is 199 Å². The molecule has 2 aromatic carbocycles. The summed E-state index contributed by atoms with van der Waals surface area (Å²) in [5.41, 5.74) is 14.9. The smallest absolute Gasteiger partial charge is 0.165 e. The van der Waals surface area contributed by atoms with Gasteiger partial charge in [0.25, 0.3) is 0 Å². The fourth-order valence-electron chi connectivity index (χ4n) is 5.60. The molecule has 3 aromatic heterocycles.